The highest BCUT2D eigenvalue weighted by Crippen LogP contribution is 2.35. The molecule has 1 amide bonds. The third-order valence-electron chi connectivity index (χ3n) is 6.85. The number of aromatic nitrogens is 4. The van der Waals surface area contributed by atoms with Crippen molar-refractivity contribution in [3.63, 3.8) is 0 Å². The van der Waals surface area contributed by atoms with E-state index in [2.05, 4.69) is 37.5 Å². The number of hydrogen-bond donors (Lipinski definition) is 2. The van der Waals surface area contributed by atoms with Crippen LogP contribution in [0.25, 0.3) is 10.9 Å². The van der Waals surface area contributed by atoms with Gasteiger partial charge in [-0.3, -0.25) is 9.48 Å². The second kappa shape index (κ2) is 13.4. The third kappa shape index (κ3) is 7.91. The molecule has 41 heavy (non-hydrogen) atoms. The summed E-state index contributed by atoms with van der Waals surface area (Å²) in [5.74, 6) is 2.43. The Morgan fingerprint density at radius 3 is 2.80 bits per heavy atom. The van der Waals surface area contributed by atoms with Gasteiger partial charge < -0.3 is 25.0 Å². The summed E-state index contributed by atoms with van der Waals surface area (Å²) >= 11 is 0. The normalized spacial score (nSPS) is 13.0. The SMILES string of the molecule is CCCN(CCCOc1cc2ncnc(Nc3ccn(CC(=O)Nc4cccc(F)c4)n3)c2cc1OC)CC1CC1. The molecule has 216 valence electrons. The highest BCUT2D eigenvalue weighted by molar-refractivity contribution is 5.93. The Hall–Kier alpha value is -4.25. The first-order chi connectivity index (χ1) is 20.0. The number of nitrogens with zero attached hydrogens (tertiary/aromatic N) is 5. The van der Waals surface area contributed by atoms with Crippen molar-refractivity contribution >= 4 is 34.1 Å². The highest BCUT2D eigenvalue weighted by Gasteiger charge is 2.23. The lowest BCUT2D eigenvalue weighted by atomic mass is 10.2. The van der Waals surface area contributed by atoms with E-state index in [9.17, 15) is 9.18 Å². The quantitative estimate of drug-likeness (QED) is 0.190. The zero-order valence-electron chi connectivity index (χ0n) is 23.5. The Balaban J connectivity index is 1.20. The van der Waals surface area contributed by atoms with Gasteiger partial charge in [0.05, 0.1) is 19.2 Å². The van der Waals surface area contributed by atoms with Crippen LogP contribution in [0.15, 0.2) is 55.0 Å². The van der Waals surface area contributed by atoms with Crippen molar-refractivity contribution in [3.05, 3.63) is 60.8 Å². The Kier molecular flexibility index (Phi) is 9.25. The first kappa shape index (κ1) is 28.3. The molecule has 1 saturated carbocycles. The summed E-state index contributed by atoms with van der Waals surface area (Å²) in [6.07, 6.45) is 7.98. The summed E-state index contributed by atoms with van der Waals surface area (Å²) < 4.78 is 26.6. The van der Waals surface area contributed by atoms with Gasteiger partial charge in [-0.05, 0) is 62.4 Å². The number of anilines is 3. The maximum absolute atomic E-state index is 13.4. The Morgan fingerprint density at radius 2 is 2.02 bits per heavy atom. The first-order valence-corrected chi connectivity index (χ1v) is 14.0. The lowest BCUT2D eigenvalue weighted by Gasteiger charge is -2.21. The van der Waals surface area contributed by atoms with Crippen LogP contribution in [0.1, 0.15) is 32.6 Å². The van der Waals surface area contributed by atoms with Crippen LogP contribution in [0.2, 0.25) is 0 Å². The smallest absolute Gasteiger partial charge is 0.246 e. The molecular weight excluding hydrogens is 525 g/mol. The van der Waals surface area contributed by atoms with Gasteiger partial charge in [-0.25, -0.2) is 14.4 Å². The van der Waals surface area contributed by atoms with Crippen LogP contribution < -0.4 is 20.1 Å². The molecule has 0 atom stereocenters. The summed E-state index contributed by atoms with van der Waals surface area (Å²) in [5, 5.41) is 11.0. The molecule has 1 aliphatic carbocycles. The van der Waals surface area contributed by atoms with Gasteiger partial charge in [-0.15, -0.1) is 0 Å². The van der Waals surface area contributed by atoms with Gasteiger partial charge in [0.2, 0.25) is 5.91 Å². The zero-order chi connectivity index (χ0) is 28.6. The lowest BCUT2D eigenvalue weighted by molar-refractivity contribution is -0.116. The number of fused-ring (bicyclic) bond motifs is 1. The summed E-state index contributed by atoms with van der Waals surface area (Å²) in [5.41, 5.74) is 1.09. The fourth-order valence-electron chi connectivity index (χ4n) is 4.73. The van der Waals surface area contributed by atoms with E-state index < -0.39 is 5.82 Å². The molecule has 2 N–H and O–H groups in total. The van der Waals surface area contributed by atoms with E-state index in [4.69, 9.17) is 9.47 Å². The molecule has 0 bridgehead atoms. The van der Waals surface area contributed by atoms with E-state index in [1.165, 1.54) is 48.6 Å². The summed E-state index contributed by atoms with van der Waals surface area (Å²) in [6.45, 7) is 6.13. The predicted molar refractivity (Wildman–Crippen MR) is 156 cm³/mol. The van der Waals surface area contributed by atoms with Crippen LogP contribution in [0.3, 0.4) is 0 Å². The van der Waals surface area contributed by atoms with Crippen LogP contribution in [-0.2, 0) is 11.3 Å². The van der Waals surface area contributed by atoms with E-state index in [1.807, 2.05) is 12.1 Å². The molecule has 4 aromatic rings. The number of amides is 1. The highest BCUT2D eigenvalue weighted by atomic mass is 19.1. The van der Waals surface area contributed by atoms with E-state index in [1.54, 1.807) is 25.4 Å². The van der Waals surface area contributed by atoms with Crippen molar-refractivity contribution < 1.29 is 18.7 Å². The summed E-state index contributed by atoms with van der Waals surface area (Å²) in [4.78, 5) is 23.7. The molecule has 0 unspecified atom stereocenters. The van der Waals surface area contributed by atoms with Gasteiger partial charge in [-0.2, -0.15) is 5.10 Å². The Morgan fingerprint density at radius 1 is 1.15 bits per heavy atom. The van der Waals surface area contributed by atoms with Crippen molar-refractivity contribution in [2.75, 3.05) is 44.0 Å². The minimum atomic E-state index is -0.418. The van der Waals surface area contributed by atoms with E-state index in [0.29, 0.717) is 40.9 Å². The van der Waals surface area contributed by atoms with Gasteiger partial charge in [-0.1, -0.05) is 13.0 Å². The third-order valence-corrected chi connectivity index (χ3v) is 6.85. The molecule has 1 fully saturated rings. The summed E-state index contributed by atoms with van der Waals surface area (Å²) in [7, 11) is 1.61. The topological polar surface area (TPSA) is 106 Å². The minimum Gasteiger partial charge on any atom is -0.493 e. The number of halogens is 1. The van der Waals surface area contributed by atoms with E-state index in [0.717, 1.165) is 37.2 Å². The van der Waals surface area contributed by atoms with Crippen molar-refractivity contribution in [1.82, 2.24) is 24.6 Å². The van der Waals surface area contributed by atoms with Crippen LogP contribution in [0.5, 0.6) is 11.5 Å². The van der Waals surface area contributed by atoms with Crippen LogP contribution in [0, 0.1) is 11.7 Å². The van der Waals surface area contributed by atoms with Crippen LogP contribution in [0.4, 0.5) is 21.7 Å². The molecule has 0 radical (unpaired) electrons. The lowest BCUT2D eigenvalue weighted by Crippen LogP contribution is -2.29. The van der Waals surface area contributed by atoms with E-state index in [-0.39, 0.29) is 12.5 Å². The molecule has 2 aromatic heterocycles. The second-order valence-corrected chi connectivity index (χ2v) is 10.3. The van der Waals surface area contributed by atoms with Crippen LogP contribution in [-0.4, -0.2) is 63.9 Å². The van der Waals surface area contributed by atoms with Gasteiger partial charge in [0.25, 0.3) is 0 Å². The number of nitrogens with one attached hydrogen (secondary N) is 2. The number of methoxy groups -OCH3 is 1. The largest absolute Gasteiger partial charge is 0.493 e. The fourth-order valence-corrected chi connectivity index (χ4v) is 4.73. The Bertz CT molecular complexity index is 1470. The summed E-state index contributed by atoms with van der Waals surface area (Å²) in [6, 6.07) is 11.2. The molecule has 2 aromatic carbocycles. The molecule has 2 heterocycles. The molecule has 1 aliphatic rings. The molecular formula is C30H36FN7O3. The average molecular weight is 562 g/mol. The number of hydrogen-bond acceptors (Lipinski definition) is 8. The van der Waals surface area contributed by atoms with Crippen molar-refractivity contribution in [2.45, 2.75) is 39.2 Å². The van der Waals surface area contributed by atoms with Gasteiger partial charge in [0, 0.05) is 42.5 Å². The molecule has 0 aliphatic heterocycles. The van der Waals surface area contributed by atoms with Gasteiger partial charge in [0.15, 0.2) is 17.3 Å². The standard InChI is InChI=1S/C30H36FN7O3/c1-3-11-37(18-21-8-9-21)12-5-14-41-27-17-25-24(16-26(27)40-2)30(33-20-32-25)35-28-10-13-38(36-28)19-29(39)34-23-7-4-6-22(31)15-23/h4,6-7,10,13,15-17,20-21H,3,5,8-9,11-12,14,18-19H2,1-2H3,(H,34,39)(H,32,33,35,36). The number of carbonyl (C=O) groups excluding carboxylic acids is 1. The number of rotatable bonds is 15. The minimum absolute atomic E-state index is 0.0337. The van der Waals surface area contributed by atoms with Crippen molar-refractivity contribution in [3.8, 4) is 11.5 Å². The predicted octanol–water partition coefficient (Wildman–Crippen LogP) is 5.25. The Labute approximate surface area is 238 Å². The van der Waals surface area contributed by atoms with Crippen molar-refractivity contribution in [1.29, 1.82) is 0 Å². The van der Waals surface area contributed by atoms with Crippen LogP contribution >= 0.6 is 0 Å². The molecule has 11 heteroatoms. The number of carbonyl (C=O) groups is 1. The maximum atomic E-state index is 13.4. The average Bonchev–Trinajstić information content (AvgIpc) is 3.67. The van der Waals surface area contributed by atoms with Gasteiger partial charge in [0.1, 0.15) is 24.5 Å². The number of benzene rings is 2. The maximum Gasteiger partial charge on any atom is 0.246 e. The molecule has 0 saturated heterocycles. The second-order valence-electron chi connectivity index (χ2n) is 10.3. The fraction of sp³-hybridized carbons (Fsp3) is 0.400. The molecule has 5 rings (SSSR count). The monoisotopic (exact) mass is 561 g/mol. The number of ether oxygens (including phenoxy) is 2. The molecule has 10 nitrogen and oxygen atoms in total. The molecule has 0 spiro atoms. The van der Waals surface area contributed by atoms with E-state index >= 15 is 0 Å². The van der Waals surface area contributed by atoms with Crippen molar-refractivity contribution in [2.24, 2.45) is 5.92 Å². The van der Waals surface area contributed by atoms with Gasteiger partial charge >= 0.3 is 0 Å². The first-order valence-electron chi connectivity index (χ1n) is 14.0. The zero-order valence-corrected chi connectivity index (χ0v) is 23.5.